The third-order valence-electron chi connectivity index (χ3n) is 3.76. The van der Waals surface area contributed by atoms with E-state index >= 15 is 0 Å². The highest BCUT2D eigenvalue weighted by molar-refractivity contribution is 9.10. The summed E-state index contributed by atoms with van der Waals surface area (Å²) < 4.78 is 59.5. The molecule has 1 unspecified atom stereocenters. The Kier molecular flexibility index (Phi) is 6.17. The smallest absolute Gasteiger partial charge is 0.410 e. The van der Waals surface area contributed by atoms with E-state index in [-0.39, 0.29) is 12.2 Å². The third kappa shape index (κ3) is 5.06. The molecule has 1 N–H and O–H groups in total. The van der Waals surface area contributed by atoms with E-state index in [1.54, 1.807) is 20.8 Å². The number of sulfonamides is 1. The Hall–Kier alpha value is -1.42. The van der Waals surface area contributed by atoms with E-state index < -0.39 is 43.1 Å². The van der Waals surface area contributed by atoms with E-state index in [4.69, 9.17) is 4.74 Å². The fourth-order valence-corrected chi connectivity index (χ4v) is 4.35. The Bertz CT molecular complexity index is 796. The first-order valence-electron chi connectivity index (χ1n) is 8.04. The Morgan fingerprint density at radius 1 is 1.35 bits per heavy atom. The number of nitrogens with one attached hydrogen (secondary N) is 1. The van der Waals surface area contributed by atoms with Crippen LogP contribution in [0.1, 0.15) is 33.6 Å². The van der Waals surface area contributed by atoms with Crippen LogP contribution < -0.4 is 4.72 Å². The SMILES string of the molecule is CC(C)(C)OC(=O)N1CCCC(S(=O)(=O)Nc2ccc(F)c(Br)c2F)C1. The molecule has 1 heterocycles. The van der Waals surface area contributed by atoms with Gasteiger partial charge in [0.1, 0.15) is 11.4 Å². The van der Waals surface area contributed by atoms with Crippen molar-refractivity contribution >= 4 is 37.7 Å². The summed E-state index contributed by atoms with van der Waals surface area (Å²) in [4.78, 5) is 13.5. The third-order valence-corrected chi connectivity index (χ3v) is 6.25. The van der Waals surface area contributed by atoms with Gasteiger partial charge in [-0.25, -0.2) is 22.0 Å². The lowest BCUT2D eigenvalue weighted by molar-refractivity contribution is 0.0219. The predicted molar refractivity (Wildman–Crippen MR) is 97.4 cm³/mol. The first-order chi connectivity index (χ1) is 11.9. The highest BCUT2D eigenvalue weighted by atomic mass is 79.9. The number of nitrogens with zero attached hydrogens (tertiary/aromatic N) is 1. The van der Waals surface area contributed by atoms with Gasteiger partial charge in [0.2, 0.25) is 10.0 Å². The van der Waals surface area contributed by atoms with Crippen molar-refractivity contribution in [3.63, 3.8) is 0 Å². The van der Waals surface area contributed by atoms with Crippen LogP contribution in [0.2, 0.25) is 0 Å². The number of likely N-dealkylation sites (tertiary alicyclic amines) is 1. The monoisotopic (exact) mass is 454 g/mol. The number of benzene rings is 1. The summed E-state index contributed by atoms with van der Waals surface area (Å²) in [6, 6.07) is 1.97. The zero-order valence-corrected chi connectivity index (χ0v) is 17.1. The van der Waals surface area contributed by atoms with E-state index in [9.17, 15) is 22.0 Å². The topological polar surface area (TPSA) is 75.7 Å². The molecule has 0 saturated carbocycles. The van der Waals surface area contributed by atoms with Gasteiger partial charge < -0.3 is 9.64 Å². The minimum Gasteiger partial charge on any atom is -0.444 e. The second-order valence-electron chi connectivity index (χ2n) is 7.06. The number of halogens is 3. The maximum absolute atomic E-state index is 14.1. The molecule has 0 radical (unpaired) electrons. The van der Waals surface area contributed by atoms with E-state index in [1.165, 1.54) is 4.90 Å². The van der Waals surface area contributed by atoms with Gasteiger partial charge in [0, 0.05) is 13.1 Å². The summed E-state index contributed by atoms with van der Waals surface area (Å²) in [5.41, 5.74) is -1.04. The van der Waals surface area contributed by atoms with Crippen LogP contribution in [0.25, 0.3) is 0 Å². The first-order valence-corrected chi connectivity index (χ1v) is 10.4. The number of ether oxygens (including phenoxy) is 1. The molecule has 0 aromatic heterocycles. The quantitative estimate of drug-likeness (QED) is 0.703. The van der Waals surface area contributed by atoms with Crippen molar-refractivity contribution in [2.75, 3.05) is 17.8 Å². The standard InChI is InChI=1S/C16H21BrF2N2O4S/c1-16(2,3)25-15(22)21-8-4-5-10(9-21)26(23,24)20-12-7-6-11(18)13(17)14(12)19/h6-7,10,20H,4-5,8-9H2,1-3H3. The molecule has 0 spiro atoms. The van der Waals surface area contributed by atoms with Crippen molar-refractivity contribution in [2.24, 2.45) is 0 Å². The molecule has 10 heteroatoms. The number of piperidine rings is 1. The molecule has 1 aliphatic heterocycles. The van der Waals surface area contributed by atoms with E-state index in [0.717, 1.165) is 12.1 Å². The minimum absolute atomic E-state index is 0.0613. The van der Waals surface area contributed by atoms with Crippen LogP contribution in [0.3, 0.4) is 0 Å². The maximum atomic E-state index is 14.1. The van der Waals surface area contributed by atoms with E-state index in [2.05, 4.69) is 20.7 Å². The molecular formula is C16H21BrF2N2O4S. The van der Waals surface area contributed by atoms with Gasteiger partial charge in [0.05, 0.1) is 15.4 Å². The Labute approximate surface area is 160 Å². The number of amides is 1. The molecule has 1 aromatic rings. The van der Waals surface area contributed by atoms with Crippen molar-refractivity contribution in [2.45, 2.75) is 44.5 Å². The summed E-state index contributed by atoms with van der Waals surface area (Å²) in [6.45, 7) is 5.49. The normalized spacial score (nSPS) is 18.5. The molecule has 146 valence electrons. The number of anilines is 1. The Morgan fingerprint density at radius 3 is 2.62 bits per heavy atom. The highest BCUT2D eigenvalue weighted by Crippen LogP contribution is 2.28. The minimum atomic E-state index is -3.98. The van der Waals surface area contributed by atoms with Crippen LogP contribution in [0.5, 0.6) is 0 Å². The summed E-state index contributed by atoms with van der Waals surface area (Å²) in [7, 11) is -3.98. The highest BCUT2D eigenvalue weighted by Gasteiger charge is 2.35. The maximum Gasteiger partial charge on any atom is 0.410 e. The number of hydrogen-bond donors (Lipinski definition) is 1. The average molecular weight is 455 g/mol. The number of carbonyl (C=O) groups excluding carboxylic acids is 1. The lowest BCUT2D eigenvalue weighted by Crippen LogP contribution is -2.48. The zero-order valence-electron chi connectivity index (χ0n) is 14.7. The average Bonchev–Trinajstić information content (AvgIpc) is 2.54. The molecule has 1 saturated heterocycles. The lowest BCUT2D eigenvalue weighted by Gasteiger charge is -2.33. The van der Waals surface area contributed by atoms with Gasteiger partial charge in [-0.05, 0) is 61.7 Å². The molecule has 0 bridgehead atoms. The first kappa shape index (κ1) is 20.9. The molecule has 1 aliphatic rings. The van der Waals surface area contributed by atoms with Gasteiger partial charge in [-0.2, -0.15) is 0 Å². The molecule has 0 aliphatic carbocycles. The number of carbonyl (C=O) groups is 1. The van der Waals surface area contributed by atoms with Gasteiger partial charge in [0.25, 0.3) is 0 Å². The van der Waals surface area contributed by atoms with Crippen LogP contribution in [-0.2, 0) is 14.8 Å². The van der Waals surface area contributed by atoms with Crippen LogP contribution >= 0.6 is 15.9 Å². The molecule has 1 amide bonds. The van der Waals surface area contributed by atoms with Crippen LogP contribution in [0.4, 0.5) is 19.3 Å². The van der Waals surface area contributed by atoms with Crippen molar-refractivity contribution in [3.8, 4) is 0 Å². The molecular weight excluding hydrogens is 434 g/mol. The van der Waals surface area contributed by atoms with Crippen LogP contribution in [-0.4, -0.2) is 43.4 Å². The van der Waals surface area contributed by atoms with Gasteiger partial charge in [0.15, 0.2) is 5.82 Å². The van der Waals surface area contributed by atoms with E-state index in [0.29, 0.717) is 19.4 Å². The predicted octanol–water partition coefficient (Wildman–Crippen LogP) is 3.87. The van der Waals surface area contributed by atoms with Crippen LogP contribution in [0.15, 0.2) is 16.6 Å². The summed E-state index contributed by atoms with van der Waals surface area (Å²) >= 11 is 2.74. The fraction of sp³-hybridized carbons (Fsp3) is 0.562. The summed E-state index contributed by atoms with van der Waals surface area (Å²) in [5, 5.41) is -0.924. The second-order valence-corrected chi connectivity index (χ2v) is 9.81. The van der Waals surface area contributed by atoms with Crippen molar-refractivity contribution in [1.29, 1.82) is 0 Å². The molecule has 1 atom stereocenters. The number of hydrogen-bond acceptors (Lipinski definition) is 4. The summed E-state index contributed by atoms with van der Waals surface area (Å²) in [6.07, 6.45) is 0.201. The molecule has 1 aromatic carbocycles. The molecule has 26 heavy (non-hydrogen) atoms. The Balaban J connectivity index is 2.14. The van der Waals surface area contributed by atoms with Gasteiger partial charge >= 0.3 is 6.09 Å². The van der Waals surface area contributed by atoms with E-state index in [1.807, 2.05) is 0 Å². The Morgan fingerprint density at radius 2 is 2.00 bits per heavy atom. The largest absolute Gasteiger partial charge is 0.444 e. The molecule has 2 rings (SSSR count). The second kappa shape index (κ2) is 7.67. The zero-order chi connectivity index (χ0) is 19.7. The number of rotatable bonds is 3. The van der Waals surface area contributed by atoms with Crippen molar-refractivity contribution in [3.05, 3.63) is 28.2 Å². The van der Waals surface area contributed by atoms with Gasteiger partial charge in [-0.3, -0.25) is 4.72 Å². The molecule has 1 fully saturated rings. The van der Waals surface area contributed by atoms with Gasteiger partial charge in [-0.1, -0.05) is 0 Å². The lowest BCUT2D eigenvalue weighted by atomic mass is 10.1. The van der Waals surface area contributed by atoms with Gasteiger partial charge in [-0.15, -0.1) is 0 Å². The molecule has 6 nitrogen and oxygen atoms in total. The fourth-order valence-electron chi connectivity index (χ4n) is 2.53. The summed E-state index contributed by atoms with van der Waals surface area (Å²) in [5.74, 6) is -1.87. The van der Waals surface area contributed by atoms with Crippen molar-refractivity contribution in [1.82, 2.24) is 4.90 Å². The van der Waals surface area contributed by atoms with Crippen LogP contribution in [0, 0.1) is 11.6 Å². The van der Waals surface area contributed by atoms with Crippen molar-refractivity contribution < 1.29 is 26.7 Å².